The van der Waals surface area contributed by atoms with E-state index in [4.69, 9.17) is 5.73 Å². The Morgan fingerprint density at radius 3 is 2.39 bits per heavy atom. The van der Waals surface area contributed by atoms with E-state index in [1.165, 1.54) is 24.7 Å². The molecule has 0 bridgehead atoms. The summed E-state index contributed by atoms with van der Waals surface area (Å²) >= 11 is 0. The lowest BCUT2D eigenvalue weighted by Gasteiger charge is -2.23. The van der Waals surface area contributed by atoms with E-state index >= 15 is 0 Å². The Morgan fingerprint density at radius 1 is 1.09 bits per heavy atom. The molecule has 1 aliphatic carbocycles. The van der Waals surface area contributed by atoms with Crippen molar-refractivity contribution in [3.8, 4) is 16.9 Å². The number of pyridine rings is 1. The maximum absolute atomic E-state index is 12.8. The lowest BCUT2D eigenvalue weighted by atomic mass is 10.1. The number of rotatable bonds is 5. The second-order valence-corrected chi connectivity index (χ2v) is 8.06. The second-order valence-electron chi connectivity index (χ2n) is 8.06. The van der Waals surface area contributed by atoms with Crippen molar-refractivity contribution in [3.63, 3.8) is 0 Å². The number of amides is 1. The highest BCUT2D eigenvalue weighted by Crippen LogP contribution is 2.46. The van der Waals surface area contributed by atoms with Gasteiger partial charge >= 0.3 is 6.36 Å². The molecule has 3 heterocycles. The first-order valence-electron chi connectivity index (χ1n) is 10.2. The molecule has 170 valence electrons. The largest absolute Gasteiger partial charge is 0.573 e. The molecule has 11 heteroatoms. The van der Waals surface area contributed by atoms with Crippen LogP contribution in [0.2, 0.25) is 0 Å². The summed E-state index contributed by atoms with van der Waals surface area (Å²) in [5.41, 5.74) is 8.09. The van der Waals surface area contributed by atoms with Crippen LogP contribution in [-0.2, 0) is 0 Å². The van der Waals surface area contributed by atoms with E-state index in [9.17, 15) is 18.0 Å². The first-order chi connectivity index (χ1) is 15.8. The van der Waals surface area contributed by atoms with Crippen LogP contribution in [-0.4, -0.2) is 46.4 Å². The van der Waals surface area contributed by atoms with E-state index in [0.717, 1.165) is 31.0 Å². The van der Waals surface area contributed by atoms with Crippen LogP contribution >= 0.6 is 0 Å². The molecule has 2 aliphatic rings. The summed E-state index contributed by atoms with van der Waals surface area (Å²) < 4.78 is 40.8. The van der Waals surface area contributed by atoms with Gasteiger partial charge in [0.2, 0.25) is 0 Å². The lowest BCUT2D eigenvalue weighted by molar-refractivity contribution is -0.274. The number of ether oxygens (including phenoxy) is 1. The van der Waals surface area contributed by atoms with E-state index in [2.05, 4.69) is 29.9 Å². The molecule has 0 spiro atoms. The fourth-order valence-electron chi connectivity index (χ4n) is 4.17. The molecule has 3 aromatic rings. The number of nitrogens with zero attached hydrogens (tertiary/aromatic N) is 4. The zero-order valence-corrected chi connectivity index (χ0v) is 17.2. The zero-order chi connectivity index (χ0) is 23.2. The number of fused-ring (bicyclic) bond motifs is 1. The molecule has 1 saturated carbocycles. The van der Waals surface area contributed by atoms with E-state index in [-0.39, 0.29) is 17.4 Å². The molecular formula is C22H19F3N6O2. The number of carbonyl (C=O) groups is 1. The molecule has 3 atom stereocenters. The van der Waals surface area contributed by atoms with Crippen molar-refractivity contribution in [2.45, 2.75) is 12.4 Å². The lowest BCUT2D eigenvalue weighted by Crippen LogP contribution is -2.29. The Hall–Kier alpha value is -3.73. The molecule has 1 saturated heterocycles. The highest BCUT2D eigenvalue weighted by atomic mass is 19.4. The fourth-order valence-corrected chi connectivity index (χ4v) is 4.17. The maximum atomic E-state index is 12.8. The number of anilines is 2. The summed E-state index contributed by atoms with van der Waals surface area (Å²) in [4.78, 5) is 27.7. The van der Waals surface area contributed by atoms with Gasteiger partial charge in [-0.1, -0.05) is 0 Å². The monoisotopic (exact) mass is 456 g/mol. The number of nitrogens with two attached hydrogens (primary N) is 1. The molecule has 2 fully saturated rings. The van der Waals surface area contributed by atoms with Crippen LogP contribution in [0.25, 0.3) is 11.1 Å². The Kier molecular flexibility index (Phi) is 5.12. The Morgan fingerprint density at radius 2 is 1.76 bits per heavy atom. The van der Waals surface area contributed by atoms with E-state index in [1.54, 1.807) is 18.5 Å². The van der Waals surface area contributed by atoms with Crippen LogP contribution in [0.4, 0.5) is 24.7 Å². The molecule has 1 aliphatic heterocycles. The average Bonchev–Trinajstić information content (AvgIpc) is 3.19. The zero-order valence-electron chi connectivity index (χ0n) is 17.2. The highest BCUT2D eigenvalue weighted by Gasteiger charge is 2.54. The van der Waals surface area contributed by atoms with Crippen LogP contribution in [0.1, 0.15) is 10.4 Å². The van der Waals surface area contributed by atoms with Gasteiger partial charge in [0.15, 0.2) is 0 Å². The Balaban J connectivity index is 1.37. The van der Waals surface area contributed by atoms with Crippen molar-refractivity contribution < 1.29 is 22.7 Å². The smallest absolute Gasteiger partial charge is 0.406 e. The highest BCUT2D eigenvalue weighted by molar-refractivity contribution is 6.05. The van der Waals surface area contributed by atoms with Gasteiger partial charge in [-0.25, -0.2) is 15.0 Å². The first kappa shape index (κ1) is 21.1. The number of aromatic nitrogens is 3. The third-order valence-electron chi connectivity index (χ3n) is 5.91. The summed E-state index contributed by atoms with van der Waals surface area (Å²) in [5.74, 6) is 0.816. The van der Waals surface area contributed by atoms with Gasteiger partial charge in [0, 0.05) is 54.5 Å². The van der Waals surface area contributed by atoms with Crippen LogP contribution < -0.4 is 20.7 Å². The van der Waals surface area contributed by atoms with E-state index in [1.807, 2.05) is 0 Å². The number of alkyl halides is 3. The van der Waals surface area contributed by atoms with Crippen molar-refractivity contribution in [1.82, 2.24) is 15.0 Å². The van der Waals surface area contributed by atoms with Gasteiger partial charge in [-0.05, 0) is 42.2 Å². The molecule has 8 nitrogen and oxygen atoms in total. The topological polar surface area (TPSA) is 106 Å². The van der Waals surface area contributed by atoms with Crippen molar-refractivity contribution >= 4 is 17.4 Å². The number of carbonyl (C=O) groups excluding carboxylic acids is 1. The minimum Gasteiger partial charge on any atom is -0.406 e. The van der Waals surface area contributed by atoms with Crippen LogP contribution in [0.5, 0.6) is 5.75 Å². The molecule has 33 heavy (non-hydrogen) atoms. The molecule has 0 radical (unpaired) electrons. The minimum atomic E-state index is -4.78. The predicted octanol–water partition coefficient (Wildman–Crippen LogP) is 3.08. The number of nitrogens with one attached hydrogen (secondary N) is 1. The van der Waals surface area contributed by atoms with Gasteiger partial charge in [-0.15, -0.1) is 13.2 Å². The number of halogens is 3. The molecule has 1 aromatic carbocycles. The van der Waals surface area contributed by atoms with Crippen LogP contribution in [0.3, 0.4) is 0 Å². The van der Waals surface area contributed by atoms with Crippen molar-refractivity contribution in [2.24, 2.45) is 17.6 Å². The summed E-state index contributed by atoms with van der Waals surface area (Å²) in [6.07, 6.45) is 1.41. The van der Waals surface area contributed by atoms with Gasteiger partial charge in [0.25, 0.3) is 5.91 Å². The van der Waals surface area contributed by atoms with Gasteiger partial charge in [-0.3, -0.25) is 4.79 Å². The third kappa shape index (κ3) is 4.44. The van der Waals surface area contributed by atoms with Gasteiger partial charge in [0.1, 0.15) is 17.9 Å². The van der Waals surface area contributed by atoms with Crippen LogP contribution in [0, 0.1) is 11.8 Å². The summed E-state index contributed by atoms with van der Waals surface area (Å²) in [6.45, 7) is 1.61. The number of hydrogen-bond donors (Lipinski definition) is 2. The average molecular weight is 456 g/mol. The number of benzene rings is 1. The maximum Gasteiger partial charge on any atom is 0.573 e. The van der Waals surface area contributed by atoms with Gasteiger partial charge < -0.3 is 20.7 Å². The normalized spacial score (nSPS) is 21.5. The first-order valence-corrected chi connectivity index (χ1v) is 10.2. The summed E-state index contributed by atoms with van der Waals surface area (Å²) in [5, 5.41) is 2.66. The quantitative estimate of drug-likeness (QED) is 0.608. The van der Waals surface area contributed by atoms with Crippen LogP contribution in [0.15, 0.2) is 55.2 Å². The standard InChI is InChI=1S/C22H19F3N6O2/c23-22(24,25)33-15-3-1-14(2-4-15)30-21(32)12-5-16(13-6-27-11-28-7-13)20(29-8-12)31-9-17-18(10-31)19(17)26/h1-8,11,17-19H,9-10,26H2,(H,30,32)/t17-,18+,19?. The van der Waals surface area contributed by atoms with Crippen molar-refractivity contribution in [1.29, 1.82) is 0 Å². The predicted molar refractivity (Wildman–Crippen MR) is 114 cm³/mol. The molecular weight excluding hydrogens is 437 g/mol. The molecule has 2 aromatic heterocycles. The van der Waals surface area contributed by atoms with Crippen molar-refractivity contribution in [3.05, 3.63) is 60.8 Å². The second kappa shape index (κ2) is 8.00. The number of hydrogen-bond acceptors (Lipinski definition) is 7. The molecule has 1 amide bonds. The summed E-state index contributed by atoms with van der Waals surface area (Å²) in [6, 6.07) is 6.85. The number of piperidine rings is 1. The van der Waals surface area contributed by atoms with Crippen molar-refractivity contribution in [2.75, 3.05) is 23.3 Å². The van der Waals surface area contributed by atoms with E-state index < -0.39 is 12.3 Å². The SMILES string of the molecule is NC1[C@H]2CN(c3ncc(C(=O)Nc4ccc(OC(F)(F)F)cc4)cc3-c3cncnc3)C[C@@H]12. The third-order valence-corrected chi connectivity index (χ3v) is 5.91. The van der Waals surface area contributed by atoms with E-state index in [0.29, 0.717) is 28.7 Å². The molecule has 5 rings (SSSR count). The minimum absolute atomic E-state index is 0.239. The van der Waals surface area contributed by atoms with Gasteiger partial charge in [0.05, 0.1) is 5.56 Å². The Labute approximate surface area is 186 Å². The fraction of sp³-hybridized carbons (Fsp3) is 0.273. The summed E-state index contributed by atoms with van der Waals surface area (Å²) in [7, 11) is 0. The van der Waals surface area contributed by atoms with Gasteiger partial charge in [-0.2, -0.15) is 0 Å². The molecule has 3 N–H and O–H groups in total. The Bertz CT molecular complexity index is 1160. The molecule has 1 unspecified atom stereocenters.